The molecule has 1 unspecified atom stereocenters. The van der Waals surface area contributed by atoms with Crippen LogP contribution in [0.3, 0.4) is 0 Å². The van der Waals surface area contributed by atoms with Crippen LogP contribution in [-0.4, -0.2) is 37.7 Å². The Balaban J connectivity index is 2.38. The van der Waals surface area contributed by atoms with Crippen LogP contribution in [0.2, 0.25) is 0 Å². The standard InChI is InChI=1S/C27H41NO3S2/c1-21(2)10-6-7-12-25(29)20-31-19-9-13-26(33-32-5)23-14-16-24(17-15-23)27(30)28-18-8-11-22(3)4/h14-17,21-22,26H,7-9,11-13,18-20H2,1-5H3,(H,28,30). The smallest absolute Gasteiger partial charge is 0.251 e. The highest BCUT2D eigenvalue weighted by Crippen LogP contribution is 2.39. The van der Waals surface area contributed by atoms with Gasteiger partial charge in [-0.05, 0) is 55.6 Å². The number of hydrogen-bond acceptors (Lipinski definition) is 5. The first-order valence-corrected chi connectivity index (χ1v) is 14.6. The Kier molecular flexibility index (Phi) is 16.1. The molecule has 1 aromatic rings. The summed E-state index contributed by atoms with van der Waals surface area (Å²) in [5.74, 6) is 7.22. The number of rotatable bonds is 16. The summed E-state index contributed by atoms with van der Waals surface area (Å²) in [5.41, 5.74) is 1.92. The van der Waals surface area contributed by atoms with E-state index in [4.69, 9.17) is 4.74 Å². The van der Waals surface area contributed by atoms with Crippen LogP contribution in [0.25, 0.3) is 0 Å². The van der Waals surface area contributed by atoms with Gasteiger partial charge in [-0.2, -0.15) is 0 Å². The molecule has 33 heavy (non-hydrogen) atoms. The lowest BCUT2D eigenvalue weighted by Crippen LogP contribution is -2.24. The summed E-state index contributed by atoms with van der Waals surface area (Å²) < 4.78 is 5.58. The summed E-state index contributed by atoms with van der Waals surface area (Å²) in [4.78, 5) is 24.2. The van der Waals surface area contributed by atoms with Gasteiger partial charge < -0.3 is 10.1 Å². The van der Waals surface area contributed by atoms with Crippen LogP contribution >= 0.6 is 21.6 Å². The van der Waals surface area contributed by atoms with Crippen LogP contribution in [0.5, 0.6) is 0 Å². The molecule has 0 aliphatic heterocycles. The molecule has 6 heteroatoms. The largest absolute Gasteiger partial charge is 0.374 e. The molecule has 184 valence electrons. The molecule has 0 aromatic heterocycles. The van der Waals surface area contributed by atoms with Crippen LogP contribution < -0.4 is 5.32 Å². The Labute approximate surface area is 209 Å². The van der Waals surface area contributed by atoms with Crippen molar-refractivity contribution in [2.24, 2.45) is 11.8 Å². The van der Waals surface area contributed by atoms with E-state index >= 15 is 0 Å². The number of ketones is 1. The zero-order valence-corrected chi connectivity index (χ0v) is 22.6. The summed E-state index contributed by atoms with van der Waals surface area (Å²) in [5, 5.41) is 3.33. The van der Waals surface area contributed by atoms with Crippen LogP contribution in [0.15, 0.2) is 24.3 Å². The van der Waals surface area contributed by atoms with E-state index in [1.807, 2.05) is 36.8 Å². The highest BCUT2D eigenvalue weighted by Gasteiger charge is 2.13. The maximum absolute atomic E-state index is 12.3. The summed E-state index contributed by atoms with van der Waals surface area (Å²) in [6, 6.07) is 7.94. The third kappa shape index (κ3) is 14.4. The van der Waals surface area contributed by atoms with E-state index in [1.54, 1.807) is 10.8 Å². The second-order valence-corrected chi connectivity index (χ2v) is 11.5. The van der Waals surface area contributed by atoms with Gasteiger partial charge in [-0.1, -0.05) is 61.4 Å². The van der Waals surface area contributed by atoms with Crippen molar-refractivity contribution in [1.82, 2.24) is 5.32 Å². The van der Waals surface area contributed by atoms with E-state index in [9.17, 15) is 9.59 Å². The van der Waals surface area contributed by atoms with Crippen LogP contribution in [0.4, 0.5) is 0 Å². The molecule has 1 N–H and O–H groups in total. The molecule has 1 rings (SSSR count). The highest BCUT2D eigenvalue weighted by atomic mass is 33.1. The maximum atomic E-state index is 12.3. The van der Waals surface area contributed by atoms with Crippen molar-refractivity contribution < 1.29 is 14.3 Å². The normalized spacial score (nSPS) is 11.8. The van der Waals surface area contributed by atoms with E-state index in [0.29, 0.717) is 42.1 Å². The number of ether oxygens (including phenoxy) is 1. The molecule has 0 radical (unpaired) electrons. The monoisotopic (exact) mass is 491 g/mol. The van der Waals surface area contributed by atoms with Gasteiger partial charge >= 0.3 is 0 Å². The van der Waals surface area contributed by atoms with Crippen molar-refractivity contribution in [1.29, 1.82) is 0 Å². The van der Waals surface area contributed by atoms with Crippen molar-refractivity contribution in [2.45, 2.75) is 71.5 Å². The number of hydrogen-bond donors (Lipinski definition) is 1. The third-order valence-corrected chi connectivity index (χ3v) is 7.15. The van der Waals surface area contributed by atoms with E-state index < -0.39 is 0 Å². The SMILES string of the molecule is CSSC(CCCOCC(=O)CCC#CC(C)C)c1ccc(C(=O)NCCCC(C)C)cc1. The van der Waals surface area contributed by atoms with Crippen molar-refractivity contribution >= 4 is 33.3 Å². The van der Waals surface area contributed by atoms with Crippen LogP contribution in [0, 0.1) is 23.7 Å². The zero-order valence-electron chi connectivity index (χ0n) is 20.9. The van der Waals surface area contributed by atoms with Crippen molar-refractivity contribution in [3.63, 3.8) is 0 Å². The molecular formula is C27H41NO3S2. The summed E-state index contributed by atoms with van der Waals surface area (Å²) in [6.07, 6.45) is 7.12. The molecule has 0 spiro atoms. The molecule has 0 saturated heterocycles. The van der Waals surface area contributed by atoms with E-state index in [-0.39, 0.29) is 18.3 Å². The first-order chi connectivity index (χ1) is 15.8. The molecule has 0 aliphatic rings. The molecule has 1 aromatic carbocycles. The topological polar surface area (TPSA) is 55.4 Å². The van der Waals surface area contributed by atoms with Gasteiger partial charge in [0.25, 0.3) is 5.91 Å². The molecule has 0 saturated carbocycles. The lowest BCUT2D eigenvalue weighted by Gasteiger charge is -2.16. The van der Waals surface area contributed by atoms with Crippen LogP contribution in [-0.2, 0) is 9.53 Å². The predicted molar refractivity (Wildman–Crippen MR) is 144 cm³/mol. The number of amides is 1. The lowest BCUT2D eigenvalue weighted by atomic mass is 10.0. The average molecular weight is 492 g/mol. The fourth-order valence-corrected chi connectivity index (χ4v) is 5.24. The highest BCUT2D eigenvalue weighted by molar-refractivity contribution is 8.76. The average Bonchev–Trinajstić information content (AvgIpc) is 2.78. The number of carbonyl (C=O) groups excluding carboxylic acids is 2. The van der Waals surface area contributed by atoms with Gasteiger partial charge in [-0.25, -0.2) is 0 Å². The van der Waals surface area contributed by atoms with Crippen molar-refractivity contribution in [3.05, 3.63) is 35.4 Å². The van der Waals surface area contributed by atoms with Crippen molar-refractivity contribution in [2.75, 3.05) is 26.0 Å². The van der Waals surface area contributed by atoms with Gasteiger partial charge in [0.05, 0.1) is 0 Å². The maximum Gasteiger partial charge on any atom is 0.251 e. The Bertz CT molecular complexity index is 751. The minimum Gasteiger partial charge on any atom is -0.374 e. The predicted octanol–water partition coefficient (Wildman–Crippen LogP) is 6.71. The Morgan fingerprint density at radius 1 is 1.06 bits per heavy atom. The number of benzene rings is 1. The minimum absolute atomic E-state index is 0.00682. The Hall–Kier alpha value is -1.42. The van der Waals surface area contributed by atoms with Gasteiger partial charge in [0.15, 0.2) is 5.78 Å². The Morgan fingerprint density at radius 2 is 1.79 bits per heavy atom. The van der Waals surface area contributed by atoms with Gasteiger partial charge in [0.2, 0.25) is 0 Å². The fraction of sp³-hybridized carbons (Fsp3) is 0.630. The molecule has 0 aliphatic carbocycles. The summed E-state index contributed by atoms with van der Waals surface area (Å²) in [7, 11) is 3.56. The molecule has 0 heterocycles. The zero-order chi connectivity index (χ0) is 24.5. The van der Waals surface area contributed by atoms with Gasteiger partial charge in [0, 0.05) is 42.7 Å². The summed E-state index contributed by atoms with van der Waals surface area (Å²) in [6.45, 7) is 9.94. The van der Waals surface area contributed by atoms with E-state index in [2.05, 4.69) is 49.4 Å². The fourth-order valence-electron chi connectivity index (χ4n) is 3.16. The van der Waals surface area contributed by atoms with E-state index in [0.717, 1.165) is 32.2 Å². The molecule has 0 fully saturated rings. The second-order valence-electron chi connectivity index (χ2n) is 8.87. The number of Topliss-reactive ketones (excluding diaryl/α,β-unsaturated/α-hetero) is 1. The van der Waals surface area contributed by atoms with Crippen LogP contribution in [0.1, 0.15) is 87.4 Å². The minimum atomic E-state index is -0.00682. The number of carbonyl (C=O) groups is 2. The molecule has 0 bridgehead atoms. The first-order valence-electron chi connectivity index (χ1n) is 12.0. The second kappa shape index (κ2) is 18.0. The lowest BCUT2D eigenvalue weighted by molar-refractivity contribution is -0.123. The summed E-state index contributed by atoms with van der Waals surface area (Å²) >= 11 is 0. The molecule has 1 amide bonds. The molecular weight excluding hydrogens is 450 g/mol. The first kappa shape index (κ1) is 29.6. The quantitative estimate of drug-likeness (QED) is 0.158. The van der Waals surface area contributed by atoms with Crippen molar-refractivity contribution in [3.8, 4) is 11.8 Å². The molecule has 4 nitrogen and oxygen atoms in total. The van der Waals surface area contributed by atoms with Gasteiger partial charge in [-0.3, -0.25) is 9.59 Å². The molecule has 1 atom stereocenters. The van der Waals surface area contributed by atoms with Gasteiger partial charge in [0.1, 0.15) is 6.61 Å². The third-order valence-electron chi connectivity index (χ3n) is 4.94. The van der Waals surface area contributed by atoms with E-state index in [1.165, 1.54) is 5.56 Å². The number of nitrogens with one attached hydrogen (secondary N) is 1. The van der Waals surface area contributed by atoms with Gasteiger partial charge in [-0.15, -0.1) is 11.8 Å². The Morgan fingerprint density at radius 3 is 2.42 bits per heavy atom.